The molecule has 0 aromatic heterocycles. The van der Waals surface area contributed by atoms with Crippen molar-refractivity contribution in [3.8, 4) is 0 Å². The van der Waals surface area contributed by atoms with Gasteiger partial charge in [-0.1, -0.05) is 44.0 Å². The third-order valence-electron chi connectivity index (χ3n) is 2.98. The van der Waals surface area contributed by atoms with E-state index in [2.05, 4.69) is 47.7 Å². The molecule has 0 spiro atoms. The predicted molar refractivity (Wildman–Crippen MR) is 102 cm³/mol. The molecule has 2 rings (SSSR count). The number of nitrogens with zero attached hydrogens (tertiary/aromatic N) is 1. The van der Waals surface area contributed by atoms with Gasteiger partial charge in [0.1, 0.15) is 0 Å². The molecule has 0 unspecified atom stereocenters. The Morgan fingerprint density at radius 1 is 0.875 bits per heavy atom. The molecule has 0 saturated heterocycles. The number of rotatable bonds is 6. The maximum absolute atomic E-state index is 11.8. The second kappa shape index (κ2) is 9.34. The van der Waals surface area contributed by atoms with Gasteiger partial charge in [0.15, 0.2) is 0 Å². The molecule has 0 bridgehead atoms. The van der Waals surface area contributed by atoms with Crippen LogP contribution in [0.2, 0.25) is 0 Å². The molecule has 0 aliphatic rings. The second-order valence-electron chi connectivity index (χ2n) is 4.90. The lowest BCUT2D eigenvalue weighted by Crippen LogP contribution is -2.20. The van der Waals surface area contributed by atoms with Gasteiger partial charge in [-0.3, -0.25) is 9.59 Å². The Morgan fingerprint density at radius 3 is 2.04 bits per heavy atom. The molecule has 0 atom stereocenters. The van der Waals surface area contributed by atoms with Gasteiger partial charge in [-0.25, -0.2) is 5.43 Å². The van der Waals surface area contributed by atoms with Crippen molar-refractivity contribution in [3.63, 3.8) is 0 Å². The molecular formula is C17H15Br2N3O2. The molecule has 0 aliphatic carbocycles. The van der Waals surface area contributed by atoms with Gasteiger partial charge in [-0.15, -0.1) is 0 Å². The van der Waals surface area contributed by atoms with Gasteiger partial charge >= 0.3 is 0 Å². The van der Waals surface area contributed by atoms with Crippen molar-refractivity contribution in [1.29, 1.82) is 0 Å². The van der Waals surface area contributed by atoms with Crippen LogP contribution in [0.25, 0.3) is 0 Å². The minimum atomic E-state index is -0.311. The summed E-state index contributed by atoms with van der Waals surface area (Å²) in [4.78, 5) is 23.5. The van der Waals surface area contributed by atoms with Crippen molar-refractivity contribution < 1.29 is 9.59 Å². The van der Waals surface area contributed by atoms with Crippen molar-refractivity contribution in [1.82, 2.24) is 5.43 Å². The van der Waals surface area contributed by atoms with Crippen LogP contribution >= 0.6 is 31.9 Å². The molecule has 2 N–H and O–H groups in total. The van der Waals surface area contributed by atoms with E-state index >= 15 is 0 Å². The van der Waals surface area contributed by atoms with E-state index in [1.54, 1.807) is 18.3 Å². The average molecular weight is 453 g/mol. The topological polar surface area (TPSA) is 70.6 Å². The number of nitrogens with one attached hydrogen (secondary N) is 2. The summed E-state index contributed by atoms with van der Waals surface area (Å²) in [6.45, 7) is 0. The third kappa shape index (κ3) is 6.64. The molecule has 5 nitrogen and oxygen atoms in total. The Kier molecular flexibility index (Phi) is 7.14. The Hall–Kier alpha value is -1.99. The summed E-state index contributed by atoms with van der Waals surface area (Å²) >= 11 is 6.67. The zero-order valence-electron chi connectivity index (χ0n) is 12.6. The lowest BCUT2D eigenvalue weighted by atomic mass is 10.2. The predicted octanol–water partition coefficient (Wildman–Crippen LogP) is 4.08. The van der Waals surface area contributed by atoms with Crippen molar-refractivity contribution in [3.05, 3.63) is 63.0 Å². The van der Waals surface area contributed by atoms with Crippen LogP contribution in [-0.4, -0.2) is 18.0 Å². The van der Waals surface area contributed by atoms with Crippen LogP contribution in [0.5, 0.6) is 0 Å². The van der Waals surface area contributed by atoms with Crippen LogP contribution in [0, 0.1) is 0 Å². The highest BCUT2D eigenvalue weighted by atomic mass is 79.9. The molecule has 0 aliphatic heterocycles. The highest BCUT2D eigenvalue weighted by molar-refractivity contribution is 9.10. The van der Waals surface area contributed by atoms with E-state index in [1.807, 2.05) is 36.4 Å². The number of carbonyl (C=O) groups is 2. The fourth-order valence-corrected chi connectivity index (χ4v) is 2.30. The number of amides is 2. The van der Waals surface area contributed by atoms with Gasteiger partial charge in [0.25, 0.3) is 0 Å². The molecule has 2 aromatic rings. The van der Waals surface area contributed by atoms with Crippen LogP contribution in [0.3, 0.4) is 0 Å². The van der Waals surface area contributed by atoms with Gasteiger partial charge in [-0.2, -0.15) is 5.10 Å². The monoisotopic (exact) mass is 451 g/mol. The zero-order chi connectivity index (χ0) is 17.4. The van der Waals surface area contributed by atoms with Gasteiger partial charge in [0.05, 0.1) is 6.21 Å². The average Bonchev–Trinajstić information content (AvgIpc) is 2.57. The lowest BCUT2D eigenvalue weighted by molar-refractivity contribution is -0.124. The molecule has 0 saturated carbocycles. The minimum Gasteiger partial charge on any atom is -0.326 e. The Morgan fingerprint density at radius 2 is 1.42 bits per heavy atom. The first-order valence-electron chi connectivity index (χ1n) is 7.16. The number of hydrazone groups is 1. The number of hydrogen-bond donors (Lipinski definition) is 2. The van der Waals surface area contributed by atoms with E-state index in [1.165, 1.54) is 0 Å². The first kappa shape index (κ1) is 18.4. The maximum atomic E-state index is 11.8. The van der Waals surface area contributed by atoms with Crippen LogP contribution in [0.15, 0.2) is 62.6 Å². The fraction of sp³-hybridized carbons (Fsp3) is 0.118. The summed E-state index contributed by atoms with van der Waals surface area (Å²) in [5.74, 6) is -0.529. The van der Waals surface area contributed by atoms with Gasteiger partial charge < -0.3 is 5.32 Å². The minimum absolute atomic E-state index is 0.0695. The summed E-state index contributed by atoms with van der Waals surface area (Å²) in [6, 6.07) is 14.7. The molecular weight excluding hydrogens is 438 g/mol. The number of halogens is 2. The first-order valence-corrected chi connectivity index (χ1v) is 8.74. The normalized spacial score (nSPS) is 10.6. The van der Waals surface area contributed by atoms with Crippen molar-refractivity contribution in [2.24, 2.45) is 5.10 Å². The standard InChI is InChI=1S/C17H15Br2N3O2/c18-13-3-1-12(2-4-13)11-20-22-17(24)10-9-16(23)21-15-7-5-14(19)6-8-15/h1-8,11H,9-10H2,(H,21,23)(H,22,24)/b20-11+. The smallest absolute Gasteiger partial charge is 0.240 e. The summed E-state index contributed by atoms with van der Waals surface area (Å²) in [5, 5.41) is 6.60. The van der Waals surface area contributed by atoms with Crippen molar-refractivity contribution in [2.45, 2.75) is 12.8 Å². The second-order valence-corrected chi connectivity index (χ2v) is 6.73. The SMILES string of the molecule is O=C(CCC(=O)Nc1ccc(Br)cc1)N/N=C/c1ccc(Br)cc1. The van der Waals surface area contributed by atoms with E-state index in [-0.39, 0.29) is 24.7 Å². The highest BCUT2D eigenvalue weighted by Gasteiger charge is 2.06. The quantitative estimate of drug-likeness (QED) is 0.512. The van der Waals surface area contributed by atoms with E-state index in [4.69, 9.17) is 0 Å². The molecule has 2 aromatic carbocycles. The highest BCUT2D eigenvalue weighted by Crippen LogP contribution is 2.14. The molecule has 124 valence electrons. The van der Waals surface area contributed by atoms with Crippen molar-refractivity contribution in [2.75, 3.05) is 5.32 Å². The van der Waals surface area contributed by atoms with Crippen LogP contribution in [0.1, 0.15) is 18.4 Å². The van der Waals surface area contributed by atoms with Crippen molar-refractivity contribution >= 4 is 55.6 Å². The van der Waals surface area contributed by atoms with Crippen LogP contribution in [-0.2, 0) is 9.59 Å². The summed E-state index contributed by atoms with van der Waals surface area (Å²) in [7, 11) is 0. The Bertz CT molecular complexity index is 729. The maximum Gasteiger partial charge on any atom is 0.240 e. The number of carbonyl (C=O) groups excluding carboxylic acids is 2. The molecule has 0 fully saturated rings. The number of anilines is 1. The van der Waals surface area contributed by atoms with Gasteiger partial charge in [0, 0.05) is 27.5 Å². The number of benzene rings is 2. The van der Waals surface area contributed by atoms with E-state index in [9.17, 15) is 9.59 Å². The van der Waals surface area contributed by atoms with E-state index < -0.39 is 0 Å². The largest absolute Gasteiger partial charge is 0.326 e. The molecule has 0 radical (unpaired) electrons. The van der Waals surface area contributed by atoms with Gasteiger partial charge in [-0.05, 0) is 42.0 Å². The van der Waals surface area contributed by atoms with E-state index in [0.29, 0.717) is 5.69 Å². The molecule has 2 amide bonds. The fourth-order valence-electron chi connectivity index (χ4n) is 1.77. The third-order valence-corrected chi connectivity index (χ3v) is 4.04. The Labute approximate surface area is 156 Å². The first-order chi connectivity index (χ1) is 11.5. The van der Waals surface area contributed by atoms with E-state index in [0.717, 1.165) is 14.5 Å². The van der Waals surface area contributed by atoms with Gasteiger partial charge in [0.2, 0.25) is 11.8 Å². The summed E-state index contributed by atoms with van der Waals surface area (Å²) < 4.78 is 1.91. The lowest BCUT2D eigenvalue weighted by Gasteiger charge is -2.04. The molecule has 24 heavy (non-hydrogen) atoms. The van der Waals surface area contributed by atoms with Crippen LogP contribution in [0.4, 0.5) is 5.69 Å². The summed E-state index contributed by atoms with van der Waals surface area (Å²) in [6.07, 6.45) is 1.71. The van der Waals surface area contributed by atoms with Crippen LogP contribution < -0.4 is 10.7 Å². The summed E-state index contributed by atoms with van der Waals surface area (Å²) in [5.41, 5.74) is 3.96. The molecule has 0 heterocycles. The Balaban J connectivity index is 1.71. The number of hydrogen-bond acceptors (Lipinski definition) is 3. The zero-order valence-corrected chi connectivity index (χ0v) is 15.8. The molecule has 7 heteroatoms.